The lowest BCUT2D eigenvalue weighted by atomic mass is 9.80. The molecular formula is C18H34N4O3S. The van der Waals surface area contributed by atoms with Crippen LogP contribution in [0.3, 0.4) is 0 Å². The maximum Gasteiger partial charge on any atom is 0.211 e. The Morgan fingerprint density at radius 1 is 1.19 bits per heavy atom. The molecule has 0 amide bonds. The van der Waals surface area contributed by atoms with Gasteiger partial charge in [-0.05, 0) is 50.4 Å². The van der Waals surface area contributed by atoms with Gasteiger partial charge in [-0.3, -0.25) is 4.99 Å². The summed E-state index contributed by atoms with van der Waals surface area (Å²) in [6.07, 6.45) is 6.65. The van der Waals surface area contributed by atoms with E-state index < -0.39 is 10.0 Å². The second kappa shape index (κ2) is 8.44. The summed E-state index contributed by atoms with van der Waals surface area (Å²) in [6, 6.07) is 0. The number of hydrogen-bond donors (Lipinski definition) is 1. The molecule has 7 nitrogen and oxygen atoms in total. The van der Waals surface area contributed by atoms with Crippen LogP contribution in [0.25, 0.3) is 0 Å². The van der Waals surface area contributed by atoms with E-state index in [4.69, 9.17) is 9.73 Å². The Kier molecular flexibility index (Phi) is 6.45. The van der Waals surface area contributed by atoms with E-state index in [9.17, 15) is 8.42 Å². The fraction of sp³-hybridized carbons (Fsp3) is 0.944. The minimum atomic E-state index is -3.05. The van der Waals surface area contributed by atoms with Crippen LogP contribution in [-0.4, -0.2) is 82.3 Å². The van der Waals surface area contributed by atoms with Crippen LogP contribution in [0.5, 0.6) is 0 Å². The van der Waals surface area contributed by atoms with E-state index in [1.54, 1.807) is 4.31 Å². The van der Waals surface area contributed by atoms with Crippen molar-refractivity contribution in [3.63, 3.8) is 0 Å². The van der Waals surface area contributed by atoms with Gasteiger partial charge in [0, 0.05) is 52.5 Å². The number of hydrogen-bond acceptors (Lipinski definition) is 4. The predicted molar refractivity (Wildman–Crippen MR) is 104 cm³/mol. The van der Waals surface area contributed by atoms with Crippen LogP contribution in [0.15, 0.2) is 4.99 Å². The highest BCUT2D eigenvalue weighted by Crippen LogP contribution is 2.39. The second-order valence-electron chi connectivity index (χ2n) is 8.08. The minimum absolute atomic E-state index is 0.412. The molecule has 3 heterocycles. The summed E-state index contributed by atoms with van der Waals surface area (Å²) in [5, 5.41) is 3.46. The van der Waals surface area contributed by atoms with Crippen molar-refractivity contribution >= 4 is 16.0 Å². The quantitative estimate of drug-likeness (QED) is 0.579. The molecule has 3 rings (SSSR count). The van der Waals surface area contributed by atoms with E-state index in [2.05, 4.69) is 17.1 Å². The van der Waals surface area contributed by atoms with Gasteiger partial charge < -0.3 is 15.0 Å². The van der Waals surface area contributed by atoms with Crippen molar-refractivity contribution in [2.24, 2.45) is 16.3 Å². The van der Waals surface area contributed by atoms with Crippen molar-refractivity contribution in [2.45, 2.75) is 39.0 Å². The van der Waals surface area contributed by atoms with E-state index in [0.29, 0.717) is 24.4 Å². The number of nitrogens with one attached hydrogen (secondary N) is 1. The highest BCUT2D eigenvalue weighted by Gasteiger charge is 2.40. The molecule has 1 N–H and O–H groups in total. The molecule has 3 aliphatic rings. The lowest BCUT2D eigenvalue weighted by Gasteiger charge is -2.34. The van der Waals surface area contributed by atoms with Gasteiger partial charge in [0.25, 0.3) is 0 Å². The standard InChI is InChI=1S/C18H34N4O3S/c1-3-19-17(21-11-6-18(15-21)7-12-25-13-8-18)20-14-16-4-9-22(10-5-16)26(2,23)24/h16H,3-15H2,1-2H3,(H,19,20). The van der Waals surface area contributed by atoms with Crippen molar-refractivity contribution in [3.05, 3.63) is 0 Å². The molecule has 0 radical (unpaired) electrons. The number of rotatable bonds is 4. The molecule has 150 valence electrons. The SMILES string of the molecule is CCNC(=NCC1CCN(S(C)(=O)=O)CC1)N1CCC2(CCOCC2)C1. The third kappa shape index (κ3) is 4.89. The zero-order valence-electron chi connectivity index (χ0n) is 16.2. The largest absolute Gasteiger partial charge is 0.381 e. The van der Waals surface area contributed by atoms with Crippen LogP contribution in [-0.2, 0) is 14.8 Å². The Morgan fingerprint density at radius 3 is 2.50 bits per heavy atom. The zero-order valence-corrected chi connectivity index (χ0v) is 17.1. The van der Waals surface area contributed by atoms with Gasteiger partial charge in [0.05, 0.1) is 6.26 Å². The van der Waals surface area contributed by atoms with Crippen LogP contribution in [0.1, 0.15) is 39.0 Å². The van der Waals surface area contributed by atoms with Crippen molar-refractivity contribution in [1.29, 1.82) is 0 Å². The molecule has 3 saturated heterocycles. The molecule has 1 spiro atoms. The van der Waals surface area contributed by atoms with Crippen molar-refractivity contribution in [3.8, 4) is 0 Å². The Hall–Kier alpha value is -0.860. The van der Waals surface area contributed by atoms with Gasteiger partial charge >= 0.3 is 0 Å². The lowest BCUT2D eigenvalue weighted by Crippen LogP contribution is -2.43. The van der Waals surface area contributed by atoms with Gasteiger partial charge in [-0.2, -0.15) is 0 Å². The molecule has 0 aromatic carbocycles. The number of nitrogens with zero attached hydrogens (tertiary/aromatic N) is 3. The Bertz CT molecular complexity index is 594. The Balaban J connectivity index is 1.55. The van der Waals surface area contributed by atoms with Crippen LogP contribution in [0.4, 0.5) is 0 Å². The van der Waals surface area contributed by atoms with Gasteiger partial charge in [-0.15, -0.1) is 0 Å². The first-order valence-corrected chi connectivity index (χ1v) is 11.8. The van der Waals surface area contributed by atoms with Crippen LogP contribution in [0, 0.1) is 11.3 Å². The number of ether oxygens (including phenoxy) is 1. The van der Waals surface area contributed by atoms with Gasteiger partial charge in [-0.1, -0.05) is 0 Å². The first-order valence-electron chi connectivity index (χ1n) is 9.98. The average molecular weight is 387 g/mol. The van der Waals surface area contributed by atoms with Crippen molar-refractivity contribution in [2.75, 3.05) is 58.7 Å². The predicted octanol–water partition coefficient (Wildman–Crippen LogP) is 1.13. The average Bonchev–Trinajstić information content (AvgIpc) is 3.02. The first kappa shape index (κ1) is 19.9. The molecule has 0 bridgehead atoms. The molecule has 3 fully saturated rings. The molecule has 26 heavy (non-hydrogen) atoms. The number of aliphatic imine (C=N–C) groups is 1. The van der Waals surface area contributed by atoms with E-state index >= 15 is 0 Å². The van der Waals surface area contributed by atoms with E-state index in [-0.39, 0.29) is 0 Å². The second-order valence-corrected chi connectivity index (χ2v) is 10.1. The Labute approximate surface area is 158 Å². The first-order chi connectivity index (χ1) is 12.4. The van der Waals surface area contributed by atoms with Crippen LogP contribution >= 0.6 is 0 Å². The third-order valence-corrected chi connectivity index (χ3v) is 7.47. The molecule has 8 heteroatoms. The summed E-state index contributed by atoms with van der Waals surface area (Å²) in [7, 11) is -3.05. The summed E-state index contributed by atoms with van der Waals surface area (Å²) in [4.78, 5) is 7.33. The number of sulfonamides is 1. The summed E-state index contributed by atoms with van der Waals surface area (Å²) in [5.41, 5.74) is 0.412. The maximum absolute atomic E-state index is 11.6. The maximum atomic E-state index is 11.6. The van der Waals surface area contributed by atoms with E-state index in [0.717, 1.165) is 71.0 Å². The van der Waals surface area contributed by atoms with Crippen molar-refractivity contribution < 1.29 is 13.2 Å². The topological polar surface area (TPSA) is 74.2 Å². The molecule has 0 saturated carbocycles. The fourth-order valence-corrected chi connectivity index (χ4v) is 5.27. The highest BCUT2D eigenvalue weighted by molar-refractivity contribution is 7.88. The fourth-order valence-electron chi connectivity index (χ4n) is 4.39. The van der Waals surface area contributed by atoms with Gasteiger partial charge in [-0.25, -0.2) is 12.7 Å². The number of guanidine groups is 1. The van der Waals surface area contributed by atoms with E-state index in [1.165, 1.54) is 12.7 Å². The lowest BCUT2D eigenvalue weighted by molar-refractivity contribution is 0.0217. The highest BCUT2D eigenvalue weighted by atomic mass is 32.2. The number of likely N-dealkylation sites (tertiary alicyclic amines) is 1. The summed E-state index contributed by atoms with van der Waals surface area (Å²) in [5.74, 6) is 1.50. The summed E-state index contributed by atoms with van der Waals surface area (Å²) in [6.45, 7) is 8.95. The molecule has 0 aromatic heterocycles. The molecule has 0 unspecified atom stereocenters. The van der Waals surface area contributed by atoms with Gasteiger partial charge in [0.15, 0.2) is 5.96 Å². The monoisotopic (exact) mass is 386 g/mol. The molecule has 0 atom stereocenters. The zero-order chi connectivity index (χ0) is 18.6. The molecule has 3 aliphatic heterocycles. The molecule has 0 aromatic rings. The van der Waals surface area contributed by atoms with E-state index in [1.807, 2.05) is 0 Å². The van der Waals surface area contributed by atoms with Gasteiger partial charge in [0.2, 0.25) is 10.0 Å². The van der Waals surface area contributed by atoms with Crippen molar-refractivity contribution in [1.82, 2.24) is 14.5 Å². The third-order valence-electron chi connectivity index (χ3n) is 6.17. The number of piperidine rings is 1. The normalized spacial score (nSPS) is 25.8. The summed E-state index contributed by atoms with van der Waals surface area (Å²) >= 11 is 0. The molecule has 0 aliphatic carbocycles. The minimum Gasteiger partial charge on any atom is -0.381 e. The smallest absolute Gasteiger partial charge is 0.211 e. The Morgan fingerprint density at radius 2 is 1.88 bits per heavy atom. The molecular weight excluding hydrogens is 352 g/mol. The van der Waals surface area contributed by atoms with Crippen LogP contribution < -0.4 is 5.32 Å². The van der Waals surface area contributed by atoms with Crippen LogP contribution in [0.2, 0.25) is 0 Å². The summed E-state index contributed by atoms with van der Waals surface area (Å²) < 4.78 is 30.4. The van der Waals surface area contributed by atoms with Gasteiger partial charge in [0.1, 0.15) is 0 Å².